The summed E-state index contributed by atoms with van der Waals surface area (Å²) in [5.74, 6) is 1.30. The molecule has 1 N–H and O–H groups in total. The third kappa shape index (κ3) is 6.21. The molecule has 8 heteroatoms. The van der Waals surface area contributed by atoms with Gasteiger partial charge in [0.05, 0.1) is 4.91 Å². The summed E-state index contributed by atoms with van der Waals surface area (Å²) in [6.45, 7) is 0.760. The number of thioether (sulfide) groups is 1. The van der Waals surface area contributed by atoms with Gasteiger partial charge in [-0.3, -0.25) is 14.5 Å². The Balaban J connectivity index is 1.04. The highest BCUT2D eigenvalue weighted by Gasteiger charge is 2.31. The summed E-state index contributed by atoms with van der Waals surface area (Å²) in [6, 6.07) is 23.6. The van der Waals surface area contributed by atoms with E-state index in [0.29, 0.717) is 33.7 Å². The van der Waals surface area contributed by atoms with Gasteiger partial charge in [0, 0.05) is 18.7 Å². The van der Waals surface area contributed by atoms with Crippen LogP contribution in [0.3, 0.4) is 0 Å². The lowest BCUT2D eigenvalue weighted by Crippen LogP contribution is -2.29. The van der Waals surface area contributed by atoms with E-state index in [-0.39, 0.29) is 18.6 Å². The van der Waals surface area contributed by atoms with Crippen LogP contribution in [0.2, 0.25) is 0 Å². The Labute approximate surface area is 225 Å². The minimum Gasteiger partial charge on any atom is -0.454 e. The number of rotatable bonds is 9. The lowest BCUT2D eigenvalue weighted by atomic mass is 10.1. The lowest BCUT2D eigenvalue weighted by Gasteiger charge is -2.14. The van der Waals surface area contributed by atoms with Gasteiger partial charge >= 0.3 is 0 Å². The number of carbonyl (C=O) groups excluding carboxylic acids is 2. The zero-order valence-electron chi connectivity index (χ0n) is 20.1. The molecule has 0 aromatic heterocycles. The fourth-order valence-corrected chi connectivity index (χ4v) is 5.49. The van der Waals surface area contributed by atoms with Gasteiger partial charge in [0.1, 0.15) is 4.32 Å². The molecule has 0 saturated carbocycles. The number of unbranched alkanes of at least 4 members (excludes halogenated alkanes) is 2. The van der Waals surface area contributed by atoms with Crippen LogP contribution in [-0.4, -0.2) is 34.4 Å². The van der Waals surface area contributed by atoms with Crippen molar-refractivity contribution in [3.05, 3.63) is 83.3 Å². The third-order valence-electron chi connectivity index (χ3n) is 6.13. The van der Waals surface area contributed by atoms with E-state index in [0.717, 1.165) is 41.6 Å². The van der Waals surface area contributed by atoms with Crippen LogP contribution < -0.4 is 14.8 Å². The second-order valence-electron chi connectivity index (χ2n) is 8.75. The van der Waals surface area contributed by atoms with Crippen molar-refractivity contribution in [3.63, 3.8) is 0 Å². The number of nitrogens with one attached hydrogen (secondary N) is 1. The van der Waals surface area contributed by atoms with Crippen molar-refractivity contribution >= 4 is 51.9 Å². The number of hydrogen-bond donors (Lipinski definition) is 1. The number of hydrogen-bond acceptors (Lipinski definition) is 6. The molecular weight excluding hydrogens is 504 g/mol. The van der Waals surface area contributed by atoms with E-state index in [1.807, 2.05) is 66.7 Å². The number of carbonyl (C=O) groups is 2. The first-order valence-corrected chi connectivity index (χ1v) is 13.4. The number of ether oxygens (including phenoxy) is 2. The summed E-state index contributed by atoms with van der Waals surface area (Å²) < 4.78 is 11.3. The highest BCUT2D eigenvalue weighted by atomic mass is 32.2. The van der Waals surface area contributed by atoms with Crippen LogP contribution >= 0.6 is 24.0 Å². The van der Waals surface area contributed by atoms with E-state index in [1.165, 1.54) is 11.8 Å². The molecule has 0 aliphatic carbocycles. The van der Waals surface area contributed by atoms with Crippen LogP contribution in [0.1, 0.15) is 31.2 Å². The Morgan fingerprint density at radius 3 is 2.51 bits per heavy atom. The van der Waals surface area contributed by atoms with E-state index >= 15 is 0 Å². The van der Waals surface area contributed by atoms with E-state index < -0.39 is 0 Å². The predicted octanol–water partition coefficient (Wildman–Crippen LogP) is 6.48. The molecule has 3 aromatic rings. The maximum Gasteiger partial charge on any atom is 0.266 e. The summed E-state index contributed by atoms with van der Waals surface area (Å²) >= 11 is 6.75. The summed E-state index contributed by atoms with van der Waals surface area (Å²) in [6.07, 6.45) is 4.62. The molecule has 2 amide bonds. The number of nitrogens with zero attached hydrogens (tertiary/aromatic N) is 1. The summed E-state index contributed by atoms with van der Waals surface area (Å²) in [4.78, 5) is 27.5. The topological polar surface area (TPSA) is 67.9 Å². The van der Waals surface area contributed by atoms with E-state index in [4.69, 9.17) is 21.7 Å². The van der Waals surface area contributed by atoms with Crippen molar-refractivity contribution in [1.82, 2.24) is 4.90 Å². The van der Waals surface area contributed by atoms with Gasteiger partial charge in [0.25, 0.3) is 5.91 Å². The van der Waals surface area contributed by atoms with Crippen LogP contribution in [0.5, 0.6) is 11.5 Å². The largest absolute Gasteiger partial charge is 0.454 e. The first-order valence-electron chi connectivity index (χ1n) is 12.2. The summed E-state index contributed by atoms with van der Waals surface area (Å²) in [5, 5.41) is 2.96. The molecule has 2 heterocycles. The fourth-order valence-electron chi connectivity index (χ4n) is 4.18. The quantitative estimate of drug-likeness (QED) is 0.194. The first kappa shape index (κ1) is 25.0. The van der Waals surface area contributed by atoms with Gasteiger partial charge in [-0.1, -0.05) is 78.9 Å². The van der Waals surface area contributed by atoms with Gasteiger partial charge in [-0.25, -0.2) is 0 Å². The van der Waals surface area contributed by atoms with Gasteiger partial charge in [-0.05, 0) is 59.9 Å². The molecule has 2 aliphatic heterocycles. The molecule has 1 saturated heterocycles. The van der Waals surface area contributed by atoms with Crippen LogP contribution in [0.4, 0.5) is 5.69 Å². The highest BCUT2D eigenvalue weighted by molar-refractivity contribution is 8.26. The number of benzene rings is 3. The van der Waals surface area contributed by atoms with Gasteiger partial charge in [0.15, 0.2) is 11.5 Å². The average Bonchev–Trinajstić information content (AvgIpc) is 3.48. The van der Waals surface area contributed by atoms with Crippen molar-refractivity contribution in [3.8, 4) is 22.6 Å². The monoisotopic (exact) mass is 530 g/mol. The van der Waals surface area contributed by atoms with Gasteiger partial charge < -0.3 is 14.8 Å². The number of fused-ring (bicyclic) bond motifs is 1. The third-order valence-corrected chi connectivity index (χ3v) is 7.51. The van der Waals surface area contributed by atoms with Gasteiger partial charge in [-0.2, -0.15) is 0 Å². The zero-order chi connectivity index (χ0) is 25.6. The first-order chi connectivity index (χ1) is 18.1. The molecule has 0 spiro atoms. The fraction of sp³-hybridized carbons (Fsp3) is 0.207. The van der Waals surface area contributed by atoms with E-state index in [2.05, 4.69) is 17.4 Å². The number of anilines is 1. The van der Waals surface area contributed by atoms with E-state index in [9.17, 15) is 9.59 Å². The lowest BCUT2D eigenvalue weighted by molar-refractivity contribution is -0.122. The second kappa shape index (κ2) is 11.6. The van der Waals surface area contributed by atoms with Crippen LogP contribution in [-0.2, 0) is 9.59 Å². The highest BCUT2D eigenvalue weighted by Crippen LogP contribution is 2.36. The molecule has 0 bridgehead atoms. The van der Waals surface area contributed by atoms with Crippen LogP contribution in [0.25, 0.3) is 17.2 Å². The van der Waals surface area contributed by atoms with Crippen molar-refractivity contribution in [2.75, 3.05) is 18.7 Å². The molecule has 5 rings (SSSR count). The van der Waals surface area contributed by atoms with Crippen molar-refractivity contribution in [2.45, 2.75) is 25.7 Å². The normalized spacial score (nSPS) is 15.5. The number of amides is 2. The summed E-state index contributed by atoms with van der Waals surface area (Å²) in [5.41, 5.74) is 3.91. The summed E-state index contributed by atoms with van der Waals surface area (Å²) in [7, 11) is 0. The van der Waals surface area contributed by atoms with Crippen LogP contribution in [0.15, 0.2) is 77.7 Å². The maximum atomic E-state index is 12.9. The Morgan fingerprint density at radius 1 is 0.946 bits per heavy atom. The minimum absolute atomic E-state index is 0.00951. The Kier molecular flexibility index (Phi) is 7.87. The molecule has 0 atom stereocenters. The molecule has 37 heavy (non-hydrogen) atoms. The Morgan fingerprint density at radius 2 is 1.70 bits per heavy atom. The Bertz CT molecular complexity index is 1340. The maximum absolute atomic E-state index is 12.9. The van der Waals surface area contributed by atoms with Crippen LogP contribution in [0, 0.1) is 0 Å². The predicted molar refractivity (Wildman–Crippen MR) is 151 cm³/mol. The molecular formula is C29H26N2O4S2. The van der Waals surface area contributed by atoms with Crippen molar-refractivity contribution in [1.29, 1.82) is 0 Å². The van der Waals surface area contributed by atoms with Gasteiger partial charge in [0.2, 0.25) is 12.7 Å². The second-order valence-corrected chi connectivity index (χ2v) is 10.4. The Hall–Kier alpha value is -3.62. The molecule has 6 nitrogen and oxygen atoms in total. The standard InChI is InChI=1S/C29H26N2O4S2/c32-27(30-23-13-11-22(12-14-23)21-7-3-1-4-8-21)9-5-2-6-16-31-28(33)26(37-29(31)36)18-20-10-15-24-25(17-20)35-19-34-24/h1,3-4,7-8,10-15,17-18H,2,5-6,9,16,19H2,(H,30,32)/b26-18-. The minimum atomic E-state index is -0.0793. The van der Waals surface area contributed by atoms with Crippen molar-refractivity contribution < 1.29 is 19.1 Å². The van der Waals surface area contributed by atoms with E-state index in [1.54, 1.807) is 4.90 Å². The average molecular weight is 531 g/mol. The smallest absolute Gasteiger partial charge is 0.266 e. The van der Waals surface area contributed by atoms with Crippen molar-refractivity contribution in [2.24, 2.45) is 0 Å². The molecule has 0 unspecified atom stereocenters. The van der Waals surface area contributed by atoms with Gasteiger partial charge in [-0.15, -0.1) is 0 Å². The molecule has 1 fully saturated rings. The molecule has 3 aromatic carbocycles. The SMILES string of the molecule is O=C(CCCCCN1C(=O)/C(=C/c2ccc3c(c2)OCO3)SC1=S)Nc1ccc(-c2ccccc2)cc1. The molecule has 188 valence electrons. The zero-order valence-corrected chi connectivity index (χ0v) is 21.8. The molecule has 0 radical (unpaired) electrons. The molecule has 2 aliphatic rings. The number of thiocarbonyl (C=S) groups is 1.